The molecule has 3 rings (SSSR count). The van der Waals surface area contributed by atoms with E-state index < -0.39 is 0 Å². The predicted molar refractivity (Wildman–Crippen MR) is 98.1 cm³/mol. The zero-order valence-electron chi connectivity index (χ0n) is 15.0. The second-order valence-corrected chi connectivity index (χ2v) is 7.52. The van der Waals surface area contributed by atoms with Crippen LogP contribution in [0.5, 0.6) is 0 Å². The van der Waals surface area contributed by atoms with Crippen molar-refractivity contribution in [3.8, 4) is 0 Å². The van der Waals surface area contributed by atoms with Gasteiger partial charge in [0.25, 0.3) is 5.91 Å². The highest BCUT2D eigenvalue weighted by atomic mass is 16.2. The molecule has 2 amide bonds. The maximum absolute atomic E-state index is 12.5. The number of benzene rings is 1. The molecule has 2 fully saturated rings. The van der Waals surface area contributed by atoms with Crippen LogP contribution in [0.4, 0.5) is 0 Å². The van der Waals surface area contributed by atoms with Crippen LogP contribution in [0.3, 0.4) is 0 Å². The molecule has 5 nitrogen and oxygen atoms in total. The number of carbonyl (C=O) groups is 2. The van der Waals surface area contributed by atoms with Crippen molar-refractivity contribution in [1.82, 2.24) is 10.6 Å². The summed E-state index contributed by atoms with van der Waals surface area (Å²) in [6, 6.07) is 7.85. The highest BCUT2D eigenvalue weighted by Gasteiger charge is 2.40. The lowest BCUT2D eigenvalue weighted by molar-refractivity contribution is -0.127. The van der Waals surface area contributed by atoms with Crippen molar-refractivity contribution in [2.45, 2.75) is 44.6 Å². The van der Waals surface area contributed by atoms with Crippen LogP contribution >= 0.6 is 0 Å². The van der Waals surface area contributed by atoms with Gasteiger partial charge in [-0.2, -0.15) is 0 Å². The topological polar surface area (TPSA) is 84.2 Å². The molecule has 25 heavy (non-hydrogen) atoms. The Balaban J connectivity index is 1.49. The van der Waals surface area contributed by atoms with E-state index in [0.717, 1.165) is 24.8 Å². The van der Waals surface area contributed by atoms with Gasteiger partial charge in [-0.15, -0.1) is 0 Å². The minimum Gasteiger partial charge on any atom is -0.356 e. The number of nitrogens with one attached hydrogen (secondary N) is 2. The highest BCUT2D eigenvalue weighted by Crippen LogP contribution is 2.41. The fourth-order valence-corrected chi connectivity index (χ4v) is 4.49. The quantitative estimate of drug-likeness (QED) is 0.763. The van der Waals surface area contributed by atoms with Crippen LogP contribution in [-0.4, -0.2) is 31.4 Å². The Labute approximate surface area is 149 Å². The Morgan fingerprint density at radius 1 is 1.20 bits per heavy atom. The van der Waals surface area contributed by atoms with E-state index in [2.05, 4.69) is 10.6 Å². The van der Waals surface area contributed by atoms with Crippen molar-refractivity contribution in [2.24, 2.45) is 23.5 Å². The van der Waals surface area contributed by atoms with Gasteiger partial charge in [-0.05, 0) is 61.6 Å². The van der Waals surface area contributed by atoms with Crippen LogP contribution in [0, 0.1) is 17.8 Å². The molecular formula is C20H29N3O2. The zero-order valence-corrected chi connectivity index (χ0v) is 15.0. The second-order valence-electron chi connectivity index (χ2n) is 7.52. The van der Waals surface area contributed by atoms with Crippen molar-refractivity contribution in [2.75, 3.05) is 13.6 Å². The molecule has 2 unspecified atom stereocenters. The summed E-state index contributed by atoms with van der Waals surface area (Å²) in [5.74, 6) is 1.24. The molecule has 2 aliphatic carbocycles. The molecule has 0 radical (unpaired) electrons. The van der Waals surface area contributed by atoms with Gasteiger partial charge in [0.15, 0.2) is 0 Å². The lowest BCUT2D eigenvalue weighted by Gasteiger charge is -2.43. The Hall–Kier alpha value is -1.88. The number of amides is 2. The molecule has 0 saturated heterocycles. The summed E-state index contributed by atoms with van der Waals surface area (Å²) in [6.45, 7) is 0.605. The smallest absolute Gasteiger partial charge is 0.251 e. The van der Waals surface area contributed by atoms with Crippen molar-refractivity contribution < 1.29 is 9.59 Å². The maximum atomic E-state index is 12.5. The first-order valence-corrected chi connectivity index (χ1v) is 9.42. The van der Waals surface area contributed by atoms with E-state index in [1.165, 1.54) is 19.3 Å². The van der Waals surface area contributed by atoms with E-state index in [-0.39, 0.29) is 17.7 Å². The number of fused-ring (bicyclic) bond motifs is 2. The first-order valence-electron chi connectivity index (χ1n) is 9.42. The van der Waals surface area contributed by atoms with Gasteiger partial charge in [-0.25, -0.2) is 0 Å². The lowest BCUT2D eigenvalue weighted by Crippen LogP contribution is -2.49. The van der Waals surface area contributed by atoms with Crippen LogP contribution in [0.1, 0.15) is 48.0 Å². The summed E-state index contributed by atoms with van der Waals surface area (Å²) in [6.07, 6.45) is 6.22. The van der Waals surface area contributed by atoms with E-state index in [9.17, 15) is 9.59 Å². The number of nitrogens with two attached hydrogens (primary N) is 1. The van der Waals surface area contributed by atoms with Gasteiger partial charge in [-0.1, -0.05) is 18.6 Å². The van der Waals surface area contributed by atoms with Crippen molar-refractivity contribution in [3.05, 3.63) is 35.4 Å². The van der Waals surface area contributed by atoms with Gasteiger partial charge < -0.3 is 16.4 Å². The molecule has 4 N–H and O–H groups in total. The van der Waals surface area contributed by atoms with E-state index in [0.29, 0.717) is 30.0 Å². The van der Waals surface area contributed by atoms with Gasteiger partial charge >= 0.3 is 0 Å². The van der Waals surface area contributed by atoms with Crippen LogP contribution in [0.25, 0.3) is 0 Å². The lowest BCUT2D eigenvalue weighted by atomic mass is 9.65. The molecule has 0 spiro atoms. The van der Waals surface area contributed by atoms with Crippen LogP contribution < -0.4 is 16.4 Å². The number of hydrogen-bond donors (Lipinski definition) is 3. The van der Waals surface area contributed by atoms with Crippen LogP contribution in [-0.2, 0) is 11.2 Å². The Bertz CT molecular complexity index is 617. The van der Waals surface area contributed by atoms with Crippen LogP contribution in [0.2, 0.25) is 0 Å². The molecule has 136 valence electrons. The first-order chi connectivity index (χ1) is 12.1. The SMILES string of the molecule is CNC(=O)c1cccc(CCNC(=O)C2CC3CCCC(C2)C3N)c1. The molecule has 0 aromatic heterocycles. The summed E-state index contributed by atoms with van der Waals surface area (Å²) in [4.78, 5) is 24.2. The minimum atomic E-state index is -0.0871. The Morgan fingerprint density at radius 3 is 2.60 bits per heavy atom. The van der Waals surface area contributed by atoms with Crippen molar-refractivity contribution >= 4 is 11.8 Å². The number of hydrogen-bond acceptors (Lipinski definition) is 3. The molecule has 0 aliphatic heterocycles. The minimum absolute atomic E-state index is 0.0871. The van der Waals surface area contributed by atoms with E-state index >= 15 is 0 Å². The van der Waals surface area contributed by atoms with Gasteiger partial charge in [-0.3, -0.25) is 9.59 Å². The largest absolute Gasteiger partial charge is 0.356 e. The molecule has 5 heteroatoms. The van der Waals surface area contributed by atoms with Crippen LogP contribution in [0.15, 0.2) is 24.3 Å². The normalized spacial score (nSPS) is 28.2. The third-order valence-electron chi connectivity index (χ3n) is 5.91. The summed E-state index contributed by atoms with van der Waals surface area (Å²) >= 11 is 0. The zero-order chi connectivity index (χ0) is 17.8. The van der Waals surface area contributed by atoms with Gasteiger partial charge in [0.1, 0.15) is 0 Å². The third kappa shape index (κ3) is 4.21. The fraction of sp³-hybridized carbons (Fsp3) is 0.600. The molecule has 2 saturated carbocycles. The highest BCUT2D eigenvalue weighted by molar-refractivity contribution is 5.94. The average Bonchev–Trinajstić information content (AvgIpc) is 2.61. The molecule has 2 atom stereocenters. The first kappa shape index (κ1) is 17.9. The van der Waals surface area contributed by atoms with Crippen molar-refractivity contribution in [3.63, 3.8) is 0 Å². The predicted octanol–water partition coefficient (Wildman–Crippen LogP) is 1.86. The summed E-state index contributed by atoms with van der Waals surface area (Å²) in [5, 5.41) is 5.72. The second kappa shape index (κ2) is 8.00. The summed E-state index contributed by atoms with van der Waals surface area (Å²) in [7, 11) is 1.63. The summed E-state index contributed by atoms with van der Waals surface area (Å²) < 4.78 is 0. The van der Waals surface area contributed by atoms with E-state index in [1.54, 1.807) is 13.1 Å². The third-order valence-corrected chi connectivity index (χ3v) is 5.91. The monoisotopic (exact) mass is 343 g/mol. The van der Waals surface area contributed by atoms with Gasteiger partial charge in [0.2, 0.25) is 5.91 Å². The van der Waals surface area contributed by atoms with Gasteiger partial charge in [0, 0.05) is 31.1 Å². The summed E-state index contributed by atoms with van der Waals surface area (Å²) in [5.41, 5.74) is 8.02. The van der Waals surface area contributed by atoms with E-state index in [4.69, 9.17) is 5.73 Å². The fourth-order valence-electron chi connectivity index (χ4n) is 4.49. The van der Waals surface area contributed by atoms with Gasteiger partial charge in [0.05, 0.1) is 0 Å². The molecule has 0 heterocycles. The molecule has 1 aromatic rings. The molecule has 1 aromatic carbocycles. The van der Waals surface area contributed by atoms with E-state index in [1.807, 2.05) is 18.2 Å². The number of carbonyl (C=O) groups excluding carboxylic acids is 2. The maximum Gasteiger partial charge on any atom is 0.251 e. The number of rotatable bonds is 5. The standard InChI is InChI=1S/C20H29N3O2/c1-22-19(24)16-7-2-4-13(10-16)8-9-23-20(25)17-11-14-5-3-6-15(12-17)18(14)21/h2,4,7,10,14-15,17-18H,3,5-6,8-9,11-12,21H2,1H3,(H,22,24)(H,23,25). The Kier molecular flexibility index (Phi) is 5.74. The van der Waals surface area contributed by atoms with Crippen molar-refractivity contribution in [1.29, 1.82) is 0 Å². The average molecular weight is 343 g/mol. The molecular weight excluding hydrogens is 314 g/mol. The molecule has 2 aliphatic rings. The molecule has 2 bridgehead atoms. The Morgan fingerprint density at radius 2 is 1.92 bits per heavy atom.